The maximum atomic E-state index is 14.1. The van der Waals surface area contributed by atoms with E-state index in [9.17, 15) is 55.9 Å². The van der Waals surface area contributed by atoms with Crippen LogP contribution in [0.3, 0.4) is 0 Å². The molecule has 3 aliphatic heterocycles. The molecule has 7 aliphatic rings. The van der Waals surface area contributed by atoms with E-state index in [4.69, 9.17) is 28.4 Å². The average molecular weight is 789 g/mol. The van der Waals surface area contributed by atoms with Gasteiger partial charge in [-0.3, -0.25) is 4.79 Å². The number of rotatable bonds is 8. The summed E-state index contributed by atoms with van der Waals surface area (Å²) in [5, 5.41) is 104. The lowest BCUT2D eigenvalue weighted by molar-refractivity contribution is -0.376. The topological polar surface area (TPSA) is 275 Å². The zero-order valence-corrected chi connectivity index (χ0v) is 31.6. The van der Waals surface area contributed by atoms with Gasteiger partial charge in [0, 0.05) is 0 Å². The third-order valence-corrected chi connectivity index (χ3v) is 14.9. The molecule has 4 saturated carbocycles. The second-order valence-corrected chi connectivity index (χ2v) is 18.0. The monoisotopic (exact) mass is 788 g/mol. The molecule has 3 heterocycles. The highest BCUT2D eigenvalue weighted by Gasteiger charge is 2.69. The molecule has 1 spiro atoms. The Morgan fingerprint density at radius 1 is 0.727 bits per heavy atom. The van der Waals surface area contributed by atoms with E-state index in [2.05, 4.69) is 13.5 Å². The molecule has 0 aromatic carbocycles. The van der Waals surface area contributed by atoms with Crippen LogP contribution in [0.5, 0.6) is 0 Å². The first-order chi connectivity index (χ1) is 25.9. The van der Waals surface area contributed by atoms with E-state index in [1.807, 2.05) is 6.92 Å². The van der Waals surface area contributed by atoms with Gasteiger partial charge in [0.05, 0.1) is 30.3 Å². The summed E-state index contributed by atoms with van der Waals surface area (Å²) in [4.78, 5) is 14.1. The van der Waals surface area contributed by atoms with Crippen molar-refractivity contribution in [3.05, 3.63) is 12.2 Å². The minimum absolute atomic E-state index is 0.108. The van der Waals surface area contributed by atoms with Crippen molar-refractivity contribution in [1.82, 2.24) is 0 Å². The first-order valence-corrected chi connectivity index (χ1v) is 19.7. The van der Waals surface area contributed by atoms with Crippen LogP contribution in [0.15, 0.2) is 12.2 Å². The summed E-state index contributed by atoms with van der Waals surface area (Å²) in [6, 6.07) is 0. The van der Waals surface area contributed by atoms with Gasteiger partial charge in [0.25, 0.3) is 0 Å². The van der Waals surface area contributed by atoms with Gasteiger partial charge in [-0.2, -0.15) is 0 Å². The Labute approximate surface area is 319 Å². The lowest BCUT2D eigenvalue weighted by atomic mass is 9.41. The third kappa shape index (κ3) is 6.63. The highest BCUT2D eigenvalue weighted by molar-refractivity contribution is 5.77. The van der Waals surface area contributed by atoms with E-state index in [1.54, 1.807) is 0 Å². The zero-order valence-electron chi connectivity index (χ0n) is 31.6. The molecule has 3 saturated heterocycles. The highest BCUT2D eigenvalue weighted by atomic mass is 16.8. The molecule has 0 radical (unpaired) electrons. The first-order valence-electron chi connectivity index (χ1n) is 19.7. The van der Waals surface area contributed by atoms with Gasteiger partial charge in [0.2, 0.25) is 6.29 Å². The molecule has 7 fully saturated rings. The number of aliphatic hydroxyl groups is 10. The van der Waals surface area contributed by atoms with E-state index in [-0.39, 0.29) is 22.7 Å². The van der Waals surface area contributed by atoms with Gasteiger partial charge in [-0.1, -0.05) is 19.9 Å². The Bertz CT molecular complexity index is 1430. The molecule has 4 aliphatic carbocycles. The number of esters is 1. The minimum atomic E-state index is -1.70. The summed E-state index contributed by atoms with van der Waals surface area (Å²) in [6.07, 6.45) is -16.2. The van der Waals surface area contributed by atoms with Crippen molar-refractivity contribution in [3.8, 4) is 0 Å². The van der Waals surface area contributed by atoms with Crippen LogP contribution in [0.1, 0.15) is 78.6 Å². The first kappa shape index (κ1) is 41.8. The van der Waals surface area contributed by atoms with Gasteiger partial charge in [-0.25, -0.2) is 0 Å². The summed E-state index contributed by atoms with van der Waals surface area (Å²) >= 11 is 0. The number of hydrogen-bond donors (Lipinski definition) is 10. The quantitative estimate of drug-likeness (QED) is 0.0730. The van der Waals surface area contributed by atoms with Crippen molar-refractivity contribution in [2.24, 2.45) is 28.1 Å². The number of carbonyl (C=O) groups is 1. The molecule has 2 bridgehead atoms. The van der Waals surface area contributed by atoms with Crippen LogP contribution >= 0.6 is 0 Å². The third-order valence-electron chi connectivity index (χ3n) is 14.9. The van der Waals surface area contributed by atoms with Crippen LogP contribution in [-0.2, 0) is 33.2 Å². The molecule has 0 amide bonds. The van der Waals surface area contributed by atoms with Gasteiger partial charge < -0.3 is 79.5 Å². The van der Waals surface area contributed by atoms with Gasteiger partial charge in [0.15, 0.2) is 12.6 Å². The number of ether oxygens (including phenoxy) is 6. The van der Waals surface area contributed by atoms with Crippen LogP contribution in [0.25, 0.3) is 0 Å². The summed E-state index contributed by atoms with van der Waals surface area (Å²) < 4.78 is 35.8. The lowest BCUT2D eigenvalue weighted by Crippen LogP contribution is -2.65. The number of aliphatic hydroxyl groups excluding tert-OH is 10. The van der Waals surface area contributed by atoms with Crippen molar-refractivity contribution >= 4 is 5.97 Å². The maximum absolute atomic E-state index is 14.1. The normalized spacial score (nSPS) is 55.4. The van der Waals surface area contributed by atoms with E-state index < -0.39 is 122 Å². The number of carbonyl (C=O) groups excluding carboxylic acids is 1. The van der Waals surface area contributed by atoms with Gasteiger partial charge in [-0.15, -0.1) is 0 Å². The van der Waals surface area contributed by atoms with E-state index in [0.29, 0.717) is 38.5 Å². The van der Waals surface area contributed by atoms with Crippen molar-refractivity contribution in [2.45, 2.75) is 176 Å². The average Bonchev–Trinajstić information content (AvgIpc) is 3.35. The van der Waals surface area contributed by atoms with Crippen molar-refractivity contribution in [3.63, 3.8) is 0 Å². The number of hydrogen-bond acceptors (Lipinski definition) is 17. The fraction of sp³-hybridized carbons (Fsp3) is 0.921. The number of fused-ring (bicyclic) bond motifs is 3. The Hall–Kier alpha value is -1.39. The fourth-order valence-electron chi connectivity index (χ4n) is 12.0. The van der Waals surface area contributed by atoms with Crippen molar-refractivity contribution in [2.75, 3.05) is 13.2 Å². The smallest absolute Gasteiger partial charge is 0.314 e. The van der Waals surface area contributed by atoms with Crippen LogP contribution < -0.4 is 0 Å². The Morgan fingerprint density at radius 3 is 2.00 bits per heavy atom. The summed E-state index contributed by atoms with van der Waals surface area (Å²) in [7, 11) is 0. The molecule has 21 atom stereocenters. The molecule has 1 unspecified atom stereocenters. The molecule has 0 aromatic heterocycles. The summed E-state index contributed by atoms with van der Waals surface area (Å²) in [5.74, 6) is -0.536. The van der Waals surface area contributed by atoms with Gasteiger partial charge in [0.1, 0.15) is 67.1 Å². The maximum Gasteiger partial charge on any atom is 0.314 e. The fourth-order valence-corrected chi connectivity index (χ4v) is 12.0. The van der Waals surface area contributed by atoms with Crippen LogP contribution in [0, 0.1) is 28.1 Å². The van der Waals surface area contributed by atoms with Crippen LogP contribution in [-0.4, -0.2) is 168 Å². The van der Waals surface area contributed by atoms with E-state index in [0.717, 1.165) is 24.8 Å². The second-order valence-electron chi connectivity index (χ2n) is 18.0. The molecule has 7 rings (SSSR count). The molecule has 17 nitrogen and oxygen atoms in total. The lowest BCUT2D eigenvalue weighted by Gasteiger charge is -2.64. The van der Waals surface area contributed by atoms with Crippen molar-refractivity contribution < 1.29 is 84.3 Å². The predicted octanol–water partition coefficient (Wildman–Crippen LogP) is -1.91. The van der Waals surface area contributed by atoms with Crippen LogP contribution in [0.2, 0.25) is 0 Å². The molecule has 17 heteroatoms. The van der Waals surface area contributed by atoms with Crippen LogP contribution in [0.4, 0.5) is 0 Å². The SMILES string of the molecule is C=C1CC23CC[C@H]4[C@@](C)(CCC[C@@]4(C)C(=O)O[C@@H]4O[C@H](CO)[C@@H](O)[C@H](O)[C@H]4O)[C@@H]2CC[C@]1(O[C@@H]1O[C@H](CO)[C@@H](O)[C@H](O)[C@H]1O[C@@H]1O[C@H](C)[C@@H](O)[C@H](O)[C@H]1O)C3. The Morgan fingerprint density at radius 2 is 1.33 bits per heavy atom. The van der Waals surface area contributed by atoms with E-state index >= 15 is 0 Å². The Balaban J connectivity index is 1.10. The zero-order chi connectivity index (χ0) is 40.0. The molecule has 10 N–H and O–H groups in total. The molecular weight excluding hydrogens is 728 g/mol. The Kier molecular flexibility index (Phi) is 11.4. The van der Waals surface area contributed by atoms with Crippen molar-refractivity contribution in [1.29, 1.82) is 0 Å². The summed E-state index contributed by atoms with van der Waals surface area (Å²) in [5.41, 5.74) is -1.66. The minimum Gasteiger partial charge on any atom is -0.432 e. The van der Waals surface area contributed by atoms with Gasteiger partial charge in [-0.05, 0) is 93.5 Å². The predicted molar refractivity (Wildman–Crippen MR) is 185 cm³/mol. The second kappa shape index (κ2) is 15.0. The highest BCUT2D eigenvalue weighted by Crippen LogP contribution is 2.73. The van der Waals surface area contributed by atoms with E-state index in [1.165, 1.54) is 6.92 Å². The largest absolute Gasteiger partial charge is 0.432 e. The molecule has 314 valence electrons. The van der Waals surface area contributed by atoms with Gasteiger partial charge >= 0.3 is 5.97 Å². The molecule has 0 aromatic rings. The molecular formula is C38H60O17. The standard InChI is InChI=1S/C38H60O17/c1-16-12-37-10-6-20-35(3,8-5-9-36(20,4)34(49)54-32-29(48)26(45)23(42)18(13-39)51-32)21(37)7-11-38(16,15-37)55-33-30(27(46)24(43)19(14-40)52-33)53-31-28(47)25(44)22(41)17(2)50-31/h17-33,39-48H,1,5-15H2,2-4H3/t17-,18-,19-,20+,21+,22-,23-,24-,25+,26+,27+,28-,29-,30-,31+,32+,33+,35-,36-,37?,38+/m1/s1. The molecule has 55 heavy (non-hydrogen) atoms. The summed E-state index contributed by atoms with van der Waals surface area (Å²) in [6.45, 7) is 8.81.